The van der Waals surface area contributed by atoms with Crippen LogP contribution < -0.4 is 4.74 Å². The van der Waals surface area contributed by atoms with Crippen LogP contribution in [0, 0.1) is 0 Å². The van der Waals surface area contributed by atoms with Crippen LogP contribution in [0.15, 0.2) is 23.4 Å². The van der Waals surface area contributed by atoms with Crippen LogP contribution in [0.2, 0.25) is 0 Å². The molecule has 0 saturated carbocycles. The number of carbonyl (C=O) groups excluding carboxylic acids is 1. The van der Waals surface area contributed by atoms with Gasteiger partial charge in [0, 0.05) is 13.3 Å². The largest absolute Gasteiger partial charge is 0.513 e. The van der Waals surface area contributed by atoms with Gasteiger partial charge in [0.15, 0.2) is 5.75 Å². The van der Waals surface area contributed by atoms with Gasteiger partial charge in [-0.1, -0.05) is 11.8 Å². The fourth-order valence-electron chi connectivity index (χ4n) is 0.808. The Balaban J connectivity index is 2.72. The van der Waals surface area contributed by atoms with Gasteiger partial charge in [-0.25, -0.2) is 9.78 Å². The van der Waals surface area contributed by atoms with E-state index in [0.29, 0.717) is 16.7 Å². The summed E-state index contributed by atoms with van der Waals surface area (Å²) in [5.41, 5.74) is 0. The molecule has 0 atom stereocenters. The van der Waals surface area contributed by atoms with E-state index in [1.807, 2.05) is 0 Å². The highest BCUT2D eigenvalue weighted by molar-refractivity contribution is 7.99. The number of aromatic nitrogens is 1. The van der Waals surface area contributed by atoms with Gasteiger partial charge in [0.1, 0.15) is 5.03 Å². The van der Waals surface area contributed by atoms with E-state index in [0.717, 1.165) is 0 Å². The third-order valence-corrected chi connectivity index (χ3v) is 2.34. The molecular weight excluding hydrogens is 218 g/mol. The van der Waals surface area contributed by atoms with Crippen LogP contribution in [-0.2, 0) is 9.47 Å². The van der Waals surface area contributed by atoms with Crippen molar-refractivity contribution in [2.75, 3.05) is 20.2 Å². The summed E-state index contributed by atoms with van der Waals surface area (Å²) < 4.78 is 14.2. The molecule has 0 aliphatic carbocycles. The van der Waals surface area contributed by atoms with Crippen LogP contribution in [0.25, 0.3) is 0 Å². The number of hydrogen-bond acceptors (Lipinski definition) is 6. The predicted octanol–water partition coefficient (Wildman–Crippen LogP) is 1.92. The number of pyridine rings is 1. The lowest BCUT2D eigenvalue weighted by molar-refractivity contribution is 0.120. The smallest absolute Gasteiger partial charge is 0.437 e. The first-order valence-electron chi connectivity index (χ1n) is 4.10. The first kappa shape index (κ1) is 11.8. The van der Waals surface area contributed by atoms with E-state index in [2.05, 4.69) is 9.72 Å². The highest BCUT2D eigenvalue weighted by atomic mass is 32.2. The summed E-state index contributed by atoms with van der Waals surface area (Å²) in [5, 5.41) is 0.588. The van der Waals surface area contributed by atoms with Crippen LogP contribution in [0.5, 0.6) is 5.75 Å². The summed E-state index contributed by atoms with van der Waals surface area (Å²) in [7, 11) is 2.83. The number of carbonyl (C=O) groups is 1. The van der Waals surface area contributed by atoms with E-state index >= 15 is 0 Å². The van der Waals surface area contributed by atoms with Gasteiger partial charge in [-0.2, -0.15) is 0 Å². The summed E-state index contributed by atoms with van der Waals surface area (Å²) >= 11 is 1.33. The molecule has 1 aromatic heterocycles. The van der Waals surface area contributed by atoms with Crippen molar-refractivity contribution in [1.82, 2.24) is 4.98 Å². The minimum Gasteiger partial charge on any atom is -0.437 e. The lowest BCUT2D eigenvalue weighted by atomic mass is 10.5. The summed E-state index contributed by atoms with van der Waals surface area (Å²) in [6, 6.07) is 3.32. The molecule has 0 radical (unpaired) electrons. The van der Waals surface area contributed by atoms with Crippen molar-refractivity contribution in [2.24, 2.45) is 0 Å². The second kappa shape index (κ2) is 6.26. The van der Waals surface area contributed by atoms with Crippen LogP contribution >= 0.6 is 11.8 Å². The van der Waals surface area contributed by atoms with Crippen LogP contribution in [0.3, 0.4) is 0 Å². The monoisotopic (exact) mass is 229 g/mol. The lowest BCUT2D eigenvalue weighted by Crippen LogP contribution is -2.08. The van der Waals surface area contributed by atoms with E-state index in [1.54, 1.807) is 25.4 Å². The Morgan fingerprint density at radius 1 is 1.53 bits per heavy atom. The van der Waals surface area contributed by atoms with Gasteiger partial charge in [0.25, 0.3) is 0 Å². The molecular formula is C9H11NO4S. The fourth-order valence-corrected chi connectivity index (χ4v) is 1.43. The minimum absolute atomic E-state index is 0.367. The zero-order chi connectivity index (χ0) is 11.1. The van der Waals surface area contributed by atoms with Crippen molar-refractivity contribution in [2.45, 2.75) is 5.03 Å². The molecule has 1 aromatic rings. The van der Waals surface area contributed by atoms with Gasteiger partial charge in [0.2, 0.25) is 0 Å². The van der Waals surface area contributed by atoms with E-state index in [4.69, 9.17) is 9.47 Å². The minimum atomic E-state index is -0.762. The number of rotatable bonds is 4. The summed E-state index contributed by atoms with van der Waals surface area (Å²) in [5.74, 6) is 0.806. The molecule has 0 spiro atoms. The predicted molar refractivity (Wildman–Crippen MR) is 55.0 cm³/mol. The molecule has 0 amide bonds. The Hall–Kier alpha value is -1.27. The summed E-state index contributed by atoms with van der Waals surface area (Å²) in [6.45, 7) is 0. The second-order valence-electron chi connectivity index (χ2n) is 2.41. The van der Waals surface area contributed by atoms with Gasteiger partial charge >= 0.3 is 6.16 Å². The van der Waals surface area contributed by atoms with Crippen molar-refractivity contribution in [3.8, 4) is 5.75 Å². The molecule has 0 aromatic carbocycles. The maximum absolute atomic E-state index is 10.9. The van der Waals surface area contributed by atoms with E-state index in [1.165, 1.54) is 18.9 Å². The third-order valence-electron chi connectivity index (χ3n) is 1.41. The molecule has 0 N–H and O–H groups in total. The molecule has 0 saturated heterocycles. The first-order valence-corrected chi connectivity index (χ1v) is 5.09. The Morgan fingerprint density at radius 2 is 2.33 bits per heavy atom. The van der Waals surface area contributed by atoms with Crippen LogP contribution in [0.4, 0.5) is 4.79 Å². The first-order chi connectivity index (χ1) is 7.27. The highest BCUT2D eigenvalue weighted by Gasteiger charge is 2.09. The maximum atomic E-state index is 10.9. The average molecular weight is 229 g/mol. The summed E-state index contributed by atoms with van der Waals surface area (Å²) in [6.07, 6.45) is 0.851. The summed E-state index contributed by atoms with van der Waals surface area (Å²) in [4.78, 5) is 14.9. The number of thioether (sulfide) groups is 1. The normalized spacial score (nSPS) is 9.73. The zero-order valence-corrected chi connectivity index (χ0v) is 9.24. The van der Waals surface area contributed by atoms with E-state index in [-0.39, 0.29) is 0 Å². The zero-order valence-electron chi connectivity index (χ0n) is 8.43. The van der Waals surface area contributed by atoms with Crippen molar-refractivity contribution in [3.05, 3.63) is 18.3 Å². The maximum Gasteiger partial charge on any atom is 0.513 e. The molecule has 6 heteroatoms. The Labute approximate surface area is 91.7 Å². The second-order valence-corrected chi connectivity index (χ2v) is 3.32. The molecule has 0 aliphatic heterocycles. The van der Waals surface area contributed by atoms with Crippen molar-refractivity contribution in [3.63, 3.8) is 0 Å². The molecule has 82 valence electrons. The lowest BCUT2D eigenvalue weighted by Gasteiger charge is -2.06. The van der Waals surface area contributed by atoms with Crippen LogP contribution in [0.1, 0.15) is 0 Å². The molecule has 5 nitrogen and oxygen atoms in total. The van der Waals surface area contributed by atoms with Gasteiger partial charge in [-0.05, 0) is 12.1 Å². The molecule has 0 bridgehead atoms. The average Bonchev–Trinajstić information content (AvgIpc) is 2.28. The molecule has 15 heavy (non-hydrogen) atoms. The Morgan fingerprint density at radius 3 is 3.00 bits per heavy atom. The Bertz CT molecular complexity index is 332. The Kier molecular flexibility index (Phi) is 4.92. The molecule has 1 heterocycles. The molecule has 0 fully saturated rings. The number of hydrogen-bond donors (Lipinski definition) is 0. The van der Waals surface area contributed by atoms with Gasteiger partial charge < -0.3 is 14.2 Å². The molecule has 0 aliphatic rings. The van der Waals surface area contributed by atoms with Gasteiger partial charge in [-0.15, -0.1) is 0 Å². The van der Waals surface area contributed by atoms with Crippen LogP contribution in [-0.4, -0.2) is 31.3 Å². The topological polar surface area (TPSA) is 57.7 Å². The van der Waals surface area contributed by atoms with Crippen molar-refractivity contribution < 1.29 is 19.0 Å². The number of methoxy groups -OCH3 is 2. The van der Waals surface area contributed by atoms with Gasteiger partial charge in [0.05, 0.1) is 13.0 Å². The quantitative estimate of drug-likeness (QED) is 0.446. The fraction of sp³-hybridized carbons (Fsp3) is 0.333. The number of nitrogens with zero attached hydrogens (tertiary/aromatic N) is 1. The molecule has 1 rings (SSSR count). The van der Waals surface area contributed by atoms with E-state index < -0.39 is 6.16 Å². The van der Waals surface area contributed by atoms with E-state index in [9.17, 15) is 4.79 Å². The van der Waals surface area contributed by atoms with Crippen molar-refractivity contribution >= 4 is 17.9 Å². The standard InChI is InChI=1S/C9H11NO4S/c1-12-6-15-8-7(4-3-5-10-8)14-9(11)13-2/h3-5H,6H2,1-2H3. The molecule has 0 unspecified atom stereocenters. The number of ether oxygens (including phenoxy) is 3. The highest BCUT2D eigenvalue weighted by Crippen LogP contribution is 2.26. The van der Waals surface area contributed by atoms with Crippen molar-refractivity contribution in [1.29, 1.82) is 0 Å². The third kappa shape index (κ3) is 3.77. The SMILES string of the molecule is COCSc1ncccc1OC(=O)OC. The van der Waals surface area contributed by atoms with Gasteiger partial charge in [-0.3, -0.25) is 0 Å².